The predicted molar refractivity (Wildman–Crippen MR) is 149 cm³/mol. The highest BCUT2D eigenvalue weighted by Gasteiger charge is 2.35. The second-order valence-corrected chi connectivity index (χ2v) is 9.36. The zero-order valence-corrected chi connectivity index (χ0v) is 20.8. The van der Waals surface area contributed by atoms with Crippen molar-refractivity contribution in [1.29, 1.82) is 0 Å². The van der Waals surface area contributed by atoms with Crippen LogP contribution in [-0.4, -0.2) is 20.9 Å². The fraction of sp³-hybridized carbons (Fsp3) is 0.250. The molecule has 4 aromatic rings. The third-order valence-corrected chi connectivity index (χ3v) is 6.99. The van der Waals surface area contributed by atoms with Crippen LogP contribution in [0.25, 0.3) is 33.0 Å². The molecule has 0 atom stereocenters. The minimum Gasteiger partial charge on any atom is -0.347 e. The van der Waals surface area contributed by atoms with E-state index in [0.717, 1.165) is 84.5 Å². The molecule has 3 heterocycles. The molecule has 0 saturated carbocycles. The van der Waals surface area contributed by atoms with Gasteiger partial charge >= 0.3 is 0 Å². The molecule has 2 aromatic carbocycles. The summed E-state index contributed by atoms with van der Waals surface area (Å²) in [6.07, 6.45) is 20.1. The second kappa shape index (κ2) is 10.6. The molecule has 0 aliphatic carbocycles. The number of nitrogens with zero attached hydrogens (tertiary/aromatic N) is 2. The van der Waals surface area contributed by atoms with Crippen molar-refractivity contribution in [2.75, 3.05) is 0 Å². The number of aromatic nitrogens is 2. The minimum atomic E-state index is -0.360. The third kappa shape index (κ3) is 4.57. The maximum atomic E-state index is 13.3. The highest BCUT2D eigenvalue weighted by Crippen LogP contribution is 2.39. The highest BCUT2D eigenvalue weighted by atomic mass is 16.2. The van der Waals surface area contributed by atoms with Gasteiger partial charge in [-0.3, -0.25) is 14.9 Å². The van der Waals surface area contributed by atoms with Crippen LogP contribution in [-0.2, 0) is 22.7 Å². The zero-order valence-electron chi connectivity index (χ0n) is 20.8. The summed E-state index contributed by atoms with van der Waals surface area (Å²) in [4.78, 5) is 26.5. The van der Waals surface area contributed by atoms with Gasteiger partial charge in [0.1, 0.15) is 0 Å². The Morgan fingerprint density at radius 1 is 0.649 bits per heavy atom. The molecule has 1 N–H and O–H groups in total. The molecule has 2 aromatic heterocycles. The Bertz CT molecular complexity index is 1500. The van der Waals surface area contributed by atoms with E-state index in [1.54, 1.807) is 0 Å². The number of imide groups is 1. The normalized spacial score (nSPS) is 13.4. The van der Waals surface area contributed by atoms with E-state index in [-0.39, 0.29) is 11.8 Å². The average molecular weight is 488 g/mol. The number of rotatable bonds is 10. The summed E-state index contributed by atoms with van der Waals surface area (Å²) in [5, 5.41) is 4.47. The molecular formula is C32H29N3O2. The Morgan fingerprint density at radius 3 is 1.51 bits per heavy atom. The van der Waals surface area contributed by atoms with Gasteiger partial charge in [-0.1, -0.05) is 36.4 Å². The Labute approximate surface area is 217 Å². The topological polar surface area (TPSA) is 56.0 Å². The smallest absolute Gasteiger partial charge is 0.259 e. The molecule has 0 radical (unpaired) electrons. The van der Waals surface area contributed by atoms with E-state index >= 15 is 0 Å². The molecule has 1 aliphatic rings. The number of benzene rings is 2. The molecule has 0 spiro atoms. The van der Waals surface area contributed by atoms with Crippen LogP contribution >= 0.6 is 0 Å². The van der Waals surface area contributed by atoms with Crippen molar-refractivity contribution in [2.45, 2.75) is 51.6 Å². The molecule has 0 saturated heterocycles. The number of fused-ring (bicyclic) bond motifs is 2. The van der Waals surface area contributed by atoms with Crippen LogP contribution in [0.2, 0.25) is 0 Å². The number of hydrogen-bond acceptors (Lipinski definition) is 2. The maximum Gasteiger partial charge on any atom is 0.259 e. The number of carbonyl (C=O) groups is 2. The van der Waals surface area contributed by atoms with Crippen LogP contribution in [0.4, 0.5) is 0 Å². The Balaban J connectivity index is 1.64. The quantitative estimate of drug-likeness (QED) is 0.175. The molecule has 0 fully saturated rings. The fourth-order valence-corrected chi connectivity index (χ4v) is 5.25. The second-order valence-electron chi connectivity index (χ2n) is 9.36. The minimum absolute atomic E-state index is 0.360. The molecular weight excluding hydrogens is 458 g/mol. The average Bonchev–Trinajstić information content (AvgIpc) is 3.55. The molecule has 1 aliphatic heterocycles. The summed E-state index contributed by atoms with van der Waals surface area (Å²) in [7, 11) is 0. The molecule has 5 rings (SSSR count). The number of hydrogen-bond donors (Lipinski definition) is 1. The lowest BCUT2D eigenvalue weighted by Gasteiger charge is -2.04. The van der Waals surface area contributed by atoms with E-state index in [1.807, 2.05) is 48.8 Å². The third-order valence-electron chi connectivity index (χ3n) is 6.99. The SMILES string of the molecule is C#CCCCCn1cc(C2=C(c3cn(CCCCC#C)c4ccccc34)C(=O)NC2=O)c2ccccc21. The summed E-state index contributed by atoms with van der Waals surface area (Å²) in [6, 6.07) is 16.0. The first-order valence-electron chi connectivity index (χ1n) is 12.8. The van der Waals surface area contributed by atoms with Gasteiger partial charge in [0.15, 0.2) is 0 Å². The predicted octanol–water partition coefficient (Wildman–Crippen LogP) is 5.77. The van der Waals surface area contributed by atoms with Crippen LogP contribution in [0.5, 0.6) is 0 Å². The van der Waals surface area contributed by atoms with Gasteiger partial charge in [0.2, 0.25) is 0 Å². The van der Waals surface area contributed by atoms with Gasteiger partial charge in [-0.2, -0.15) is 0 Å². The van der Waals surface area contributed by atoms with Crippen LogP contribution in [0, 0.1) is 24.7 Å². The monoisotopic (exact) mass is 487 g/mol. The number of terminal acetylenes is 2. The van der Waals surface area contributed by atoms with Gasteiger partial charge < -0.3 is 9.13 Å². The molecule has 0 unspecified atom stereocenters. The standard InChI is InChI=1S/C32H29N3O2/c1-3-5-7-13-19-34-21-25(23-15-9-11-17-27(23)34)29-30(32(37)33-31(29)36)26-22-35(20-14-8-6-4-2)28-18-12-10-16-24(26)28/h1-2,9-12,15-18,21-22H,5-8,13-14,19-20H2,(H,33,36,37). The Morgan fingerprint density at radius 2 is 1.08 bits per heavy atom. The zero-order chi connectivity index (χ0) is 25.8. The molecule has 0 bridgehead atoms. The largest absolute Gasteiger partial charge is 0.347 e. The van der Waals surface area contributed by atoms with E-state index in [9.17, 15) is 9.59 Å². The summed E-state index contributed by atoms with van der Waals surface area (Å²) in [5.74, 6) is 4.67. The van der Waals surface area contributed by atoms with E-state index in [4.69, 9.17) is 12.8 Å². The van der Waals surface area contributed by atoms with Crippen molar-refractivity contribution in [3.05, 3.63) is 72.1 Å². The first-order chi connectivity index (χ1) is 18.1. The number of carbonyl (C=O) groups excluding carboxylic acids is 2. The van der Waals surface area contributed by atoms with Crippen LogP contribution in [0.1, 0.15) is 49.7 Å². The van der Waals surface area contributed by atoms with E-state index in [0.29, 0.717) is 11.1 Å². The number of para-hydroxylation sites is 2. The highest BCUT2D eigenvalue weighted by molar-refractivity contribution is 6.50. The lowest BCUT2D eigenvalue weighted by molar-refractivity contribution is -0.122. The van der Waals surface area contributed by atoms with Crippen molar-refractivity contribution < 1.29 is 9.59 Å². The van der Waals surface area contributed by atoms with E-state index in [1.165, 1.54) is 0 Å². The van der Waals surface area contributed by atoms with Crippen molar-refractivity contribution in [3.63, 3.8) is 0 Å². The first-order valence-corrected chi connectivity index (χ1v) is 12.8. The van der Waals surface area contributed by atoms with Crippen LogP contribution in [0.3, 0.4) is 0 Å². The van der Waals surface area contributed by atoms with E-state index < -0.39 is 0 Å². The van der Waals surface area contributed by atoms with Crippen molar-refractivity contribution in [3.8, 4) is 24.7 Å². The molecule has 37 heavy (non-hydrogen) atoms. The Hall–Kier alpha value is -4.48. The summed E-state index contributed by atoms with van der Waals surface area (Å²) >= 11 is 0. The molecule has 2 amide bonds. The van der Waals surface area contributed by atoms with Crippen molar-refractivity contribution >= 4 is 44.8 Å². The van der Waals surface area contributed by atoms with Gasteiger partial charge in [0.05, 0.1) is 11.1 Å². The Kier molecular flexibility index (Phi) is 6.97. The summed E-state index contributed by atoms with van der Waals surface area (Å²) in [5.41, 5.74) is 4.48. The first kappa shape index (κ1) is 24.2. The van der Waals surface area contributed by atoms with Crippen LogP contribution < -0.4 is 5.32 Å². The van der Waals surface area contributed by atoms with Gasteiger partial charge in [0.25, 0.3) is 11.8 Å². The van der Waals surface area contributed by atoms with Gasteiger partial charge in [-0.15, -0.1) is 24.7 Å². The van der Waals surface area contributed by atoms with Gasteiger partial charge in [-0.25, -0.2) is 0 Å². The number of amides is 2. The number of nitrogens with one attached hydrogen (secondary N) is 1. The lowest BCUT2D eigenvalue weighted by Crippen LogP contribution is -2.22. The number of aryl methyl sites for hydroxylation is 2. The maximum absolute atomic E-state index is 13.3. The number of unbranched alkanes of at least 4 members (excludes halogenated alkanes) is 4. The van der Waals surface area contributed by atoms with Crippen LogP contribution in [0.15, 0.2) is 60.9 Å². The lowest BCUT2D eigenvalue weighted by atomic mass is 9.95. The molecule has 184 valence electrons. The van der Waals surface area contributed by atoms with Crippen molar-refractivity contribution in [1.82, 2.24) is 14.5 Å². The summed E-state index contributed by atoms with van der Waals surface area (Å²) in [6.45, 7) is 1.58. The summed E-state index contributed by atoms with van der Waals surface area (Å²) < 4.78 is 4.33. The van der Waals surface area contributed by atoms with Gasteiger partial charge in [0, 0.05) is 71.3 Å². The van der Waals surface area contributed by atoms with Crippen molar-refractivity contribution in [2.24, 2.45) is 0 Å². The fourth-order valence-electron chi connectivity index (χ4n) is 5.25. The van der Waals surface area contributed by atoms with E-state index in [2.05, 4.69) is 38.4 Å². The van der Waals surface area contributed by atoms with Gasteiger partial charge in [-0.05, 0) is 37.8 Å². The molecule has 5 heteroatoms. The molecule has 5 nitrogen and oxygen atoms in total.